The van der Waals surface area contributed by atoms with Gasteiger partial charge in [0.1, 0.15) is 5.82 Å². The standard InChI is InChI=1S/C22H23FN2O3/c1-15(13-18-5-3-4-6-20(18)23)21(26)24-19-9-7-17(8-10-19)22(27)25-11-12-28-14-16(25)2/h3-10,13,16H,11-12,14H2,1-2H3,(H,24,26)/b15-13+. The second kappa shape index (κ2) is 8.80. The molecule has 0 radical (unpaired) electrons. The molecule has 0 spiro atoms. The van der Waals surface area contributed by atoms with Gasteiger partial charge in [-0.1, -0.05) is 18.2 Å². The van der Waals surface area contributed by atoms with E-state index in [9.17, 15) is 14.0 Å². The molecule has 0 saturated carbocycles. The molecule has 2 amide bonds. The van der Waals surface area contributed by atoms with Crippen molar-refractivity contribution in [3.63, 3.8) is 0 Å². The molecule has 1 N–H and O–H groups in total. The second-order valence-electron chi connectivity index (χ2n) is 6.80. The van der Waals surface area contributed by atoms with E-state index in [1.807, 2.05) is 6.92 Å². The Morgan fingerprint density at radius 2 is 1.89 bits per heavy atom. The van der Waals surface area contributed by atoms with Crippen molar-refractivity contribution in [3.8, 4) is 0 Å². The summed E-state index contributed by atoms with van der Waals surface area (Å²) < 4.78 is 19.1. The van der Waals surface area contributed by atoms with Crippen LogP contribution in [0.3, 0.4) is 0 Å². The lowest BCUT2D eigenvalue weighted by Gasteiger charge is -2.33. The highest BCUT2D eigenvalue weighted by molar-refractivity contribution is 6.06. The Hall–Kier alpha value is -2.99. The minimum absolute atomic E-state index is 0.0341. The number of hydrogen-bond acceptors (Lipinski definition) is 3. The first-order chi connectivity index (χ1) is 13.5. The fourth-order valence-electron chi connectivity index (χ4n) is 3.01. The van der Waals surface area contributed by atoms with Gasteiger partial charge in [-0.2, -0.15) is 0 Å². The lowest BCUT2D eigenvalue weighted by atomic mass is 10.1. The molecule has 3 rings (SSSR count). The molecule has 5 nitrogen and oxygen atoms in total. The van der Waals surface area contributed by atoms with Gasteiger partial charge < -0.3 is 15.0 Å². The first-order valence-electron chi connectivity index (χ1n) is 9.18. The Morgan fingerprint density at radius 3 is 2.57 bits per heavy atom. The van der Waals surface area contributed by atoms with Crippen LogP contribution in [0.5, 0.6) is 0 Å². The number of amides is 2. The zero-order valence-corrected chi connectivity index (χ0v) is 15.9. The summed E-state index contributed by atoms with van der Waals surface area (Å²) in [5.74, 6) is -0.761. The Kier molecular flexibility index (Phi) is 6.21. The smallest absolute Gasteiger partial charge is 0.254 e. The number of hydrogen-bond donors (Lipinski definition) is 1. The topological polar surface area (TPSA) is 58.6 Å². The molecule has 1 aliphatic rings. The normalized spacial score (nSPS) is 17.3. The first kappa shape index (κ1) is 19.8. The van der Waals surface area contributed by atoms with Crippen LogP contribution in [0.2, 0.25) is 0 Å². The molecule has 146 valence electrons. The molecule has 2 aromatic carbocycles. The van der Waals surface area contributed by atoms with Gasteiger partial charge in [-0.15, -0.1) is 0 Å². The maximum absolute atomic E-state index is 13.7. The number of rotatable bonds is 4. The van der Waals surface area contributed by atoms with Crippen LogP contribution < -0.4 is 5.32 Å². The van der Waals surface area contributed by atoms with Crippen molar-refractivity contribution in [2.45, 2.75) is 19.9 Å². The summed E-state index contributed by atoms with van der Waals surface area (Å²) in [5, 5.41) is 2.76. The van der Waals surface area contributed by atoms with Crippen molar-refractivity contribution in [3.05, 3.63) is 71.0 Å². The van der Waals surface area contributed by atoms with Crippen molar-refractivity contribution < 1.29 is 18.7 Å². The van der Waals surface area contributed by atoms with E-state index in [0.29, 0.717) is 42.1 Å². The summed E-state index contributed by atoms with van der Waals surface area (Å²) in [6, 6.07) is 13.1. The summed E-state index contributed by atoms with van der Waals surface area (Å²) in [6.45, 7) is 5.22. The number of nitrogens with one attached hydrogen (secondary N) is 1. The Bertz CT molecular complexity index is 893. The molecule has 28 heavy (non-hydrogen) atoms. The van der Waals surface area contributed by atoms with E-state index in [1.165, 1.54) is 12.1 Å². The summed E-state index contributed by atoms with van der Waals surface area (Å²) in [7, 11) is 0. The number of nitrogens with zero attached hydrogens (tertiary/aromatic N) is 1. The van der Waals surface area contributed by atoms with Gasteiger partial charge >= 0.3 is 0 Å². The second-order valence-corrected chi connectivity index (χ2v) is 6.80. The molecule has 1 heterocycles. The lowest BCUT2D eigenvalue weighted by Crippen LogP contribution is -2.47. The first-order valence-corrected chi connectivity index (χ1v) is 9.18. The summed E-state index contributed by atoms with van der Waals surface area (Å²) in [4.78, 5) is 26.8. The molecule has 6 heteroatoms. The maximum Gasteiger partial charge on any atom is 0.254 e. The molecule has 1 fully saturated rings. The van der Waals surface area contributed by atoms with Crippen LogP contribution in [0.1, 0.15) is 29.8 Å². The van der Waals surface area contributed by atoms with Gasteiger partial charge in [0.15, 0.2) is 0 Å². The quantitative estimate of drug-likeness (QED) is 0.820. The summed E-state index contributed by atoms with van der Waals surface area (Å²) >= 11 is 0. The number of morpholine rings is 1. The predicted octanol–water partition coefficient (Wildman–Crippen LogP) is 3.73. The van der Waals surface area contributed by atoms with Crippen molar-refractivity contribution in [2.75, 3.05) is 25.1 Å². The maximum atomic E-state index is 13.7. The predicted molar refractivity (Wildman–Crippen MR) is 106 cm³/mol. The molecular weight excluding hydrogens is 359 g/mol. The minimum Gasteiger partial charge on any atom is -0.377 e. The van der Waals surface area contributed by atoms with E-state index < -0.39 is 0 Å². The Labute approximate surface area is 163 Å². The number of anilines is 1. The van der Waals surface area contributed by atoms with E-state index in [0.717, 1.165) is 0 Å². The molecule has 0 bridgehead atoms. The molecule has 1 atom stereocenters. The summed E-state index contributed by atoms with van der Waals surface area (Å²) in [6.07, 6.45) is 1.50. The van der Waals surface area contributed by atoms with Crippen LogP contribution in [0.4, 0.5) is 10.1 Å². The third kappa shape index (κ3) is 4.64. The van der Waals surface area contributed by atoms with Crippen LogP contribution in [0, 0.1) is 5.82 Å². The van der Waals surface area contributed by atoms with Crippen molar-refractivity contribution in [1.29, 1.82) is 0 Å². The van der Waals surface area contributed by atoms with Gasteiger partial charge in [0.25, 0.3) is 11.8 Å². The lowest BCUT2D eigenvalue weighted by molar-refractivity contribution is -0.112. The number of carbonyl (C=O) groups is 2. The van der Waals surface area contributed by atoms with Gasteiger partial charge in [-0.05, 0) is 50.3 Å². The highest BCUT2D eigenvalue weighted by atomic mass is 19.1. The van der Waals surface area contributed by atoms with Crippen LogP contribution in [0.15, 0.2) is 54.1 Å². The van der Waals surface area contributed by atoms with E-state index in [2.05, 4.69) is 5.32 Å². The molecule has 1 saturated heterocycles. The Balaban J connectivity index is 1.66. The van der Waals surface area contributed by atoms with Gasteiger partial charge in [0, 0.05) is 28.9 Å². The highest BCUT2D eigenvalue weighted by Gasteiger charge is 2.24. The zero-order chi connectivity index (χ0) is 20.1. The molecule has 1 aliphatic heterocycles. The van der Waals surface area contributed by atoms with Crippen molar-refractivity contribution in [2.24, 2.45) is 0 Å². The summed E-state index contributed by atoms with van der Waals surface area (Å²) in [5.41, 5.74) is 1.87. The average Bonchev–Trinajstić information content (AvgIpc) is 2.70. The monoisotopic (exact) mass is 382 g/mol. The van der Waals surface area contributed by atoms with Gasteiger partial charge in [-0.25, -0.2) is 4.39 Å². The zero-order valence-electron chi connectivity index (χ0n) is 15.9. The van der Waals surface area contributed by atoms with Crippen LogP contribution >= 0.6 is 0 Å². The molecule has 2 aromatic rings. The fraction of sp³-hybridized carbons (Fsp3) is 0.273. The van der Waals surface area contributed by atoms with E-state index in [4.69, 9.17) is 4.74 Å². The van der Waals surface area contributed by atoms with E-state index in [1.54, 1.807) is 54.3 Å². The molecule has 0 aliphatic carbocycles. The number of ether oxygens (including phenoxy) is 1. The number of halogens is 1. The van der Waals surface area contributed by atoms with Crippen LogP contribution in [-0.2, 0) is 9.53 Å². The minimum atomic E-state index is -0.380. The Morgan fingerprint density at radius 1 is 1.18 bits per heavy atom. The number of carbonyl (C=O) groups excluding carboxylic acids is 2. The molecular formula is C22H23FN2O3. The largest absolute Gasteiger partial charge is 0.377 e. The molecule has 0 aromatic heterocycles. The third-order valence-corrected chi connectivity index (χ3v) is 4.65. The van der Waals surface area contributed by atoms with E-state index in [-0.39, 0.29) is 23.7 Å². The van der Waals surface area contributed by atoms with Crippen molar-refractivity contribution in [1.82, 2.24) is 4.90 Å². The van der Waals surface area contributed by atoms with Gasteiger partial charge in [0.05, 0.1) is 19.3 Å². The molecule has 1 unspecified atom stereocenters. The van der Waals surface area contributed by atoms with Gasteiger partial charge in [-0.3, -0.25) is 9.59 Å². The number of benzene rings is 2. The fourth-order valence-corrected chi connectivity index (χ4v) is 3.01. The highest BCUT2D eigenvalue weighted by Crippen LogP contribution is 2.17. The van der Waals surface area contributed by atoms with Crippen LogP contribution in [-0.4, -0.2) is 42.5 Å². The third-order valence-electron chi connectivity index (χ3n) is 4.65. The van der Waals surface area contributed by atoms with Crippen molar-refractivity contribution >= 4 is 23.6 Å². The average molecular weight is 382 g/mol. The SMILES string of the molecule is C/C(=C\c1ccccc1F)C(=O)Nc1ccc(C(=O)N2CCOCC2C)cc1. The van der Waals surface area contributed by atoms with Gasteiger partial charge in [0.2, 0.25) is 0 Å². The van der Waals surface area contributed by atoms with Crippen LogP contribution in [0.25, 0.3) is 6.08 Å². The van der Waals surface area contributed by atoms with E-state index >= 15 is 0 Å².